The summed E-state index contributed by atoms with van der Waals surface area (Å²) < 4.78 is 19.2. The normalized spacial score (nSPS) is 14.3. The number of halogens is 1. The van der Waals surface area contributed by atoms with Crippen LogP contribution in [0.4, 0.5) is 4.39 Å². The van der Waals surface area contributed by atoms with E-state index in [1.807, 2.05) is 18.2 Å². The molecular weight excluding hydrogens is 363 g/mol. The van der Waals surface area contributed by atoms with E-state index >= 15 is 0 Å². The number of rotatable bonds is 3. The van der Waals surface area contributed by atoms with Gasteiger partial charge in [0, 0.05) is 16.0 Å². The van der Waals surface area contributed by atoms with Gasteiger partial charge in [-0.3, -0.25) is 4.79 Å². The quantitative estimate of drug-likeness (QED) is 0.350. The van der Waals surface area contributed by atoms with Crippen LogP contribution in [0.5, 0.6) is 5.75 Å². The maximum Gasteiger partial charge on any atom is 0.346 e. The number of benzene rings is 3. The molecule has 5 heteroatoms. The van der Waals surface area contributed by atoms with Crippen LogP contribution >= 0.6 is 11.8 Å². The van der Waals surface area contributed by atoms with E-state index in [9.17, 15) is 14.0 Å². The van der Waals surface area contributed by atoms with Crippen LogP contribution in [0.15, 0.2) is 82.6 Å². The Morgan fingerprint density at radius 3 is 2.44 bits per heavy atom. The maximum atomic E-state index is 13.8. The lowest BCUT2D eigenvalue weighted by molar-refractivity contribution is 0.0729. The molecule has 0 atom stereocenters. The number of esters is 1. The Morgan fingerprint density at radius 2 is 1.63 bits per heavy atom. The summed E-state index contributed by atoms with van der Waals surface area (Å²) in [6, 6.07) is 19.9. The van der Waals surface area contributed by atoms with Gasteiger partial charge in [0.1, 0.15) is 11.6 Å². The molecule has 3 nitrogen and oxygen atoms in total. The minimum absolute atomic E-state index is 0.0640. The van der Waals surface area contributed by atoms with Crippen LogP contribution in [-0.2, 0) is 0 Å². The number of ether oxygens (including phenoxy) is 1. The molecule has 0 radical (unpaired) electrons. The van der Waals surface area contributed by atoms with Gasteiger partial charge < -0.3 is 4.74 Å². The lowest BCUT2D eigenvalue weighted by Gasteiger charge is -2.08. The van der Waals surface area contributed by atoms with Gasteiger partial charge >= 0.3 is 5.97 Å². The molecule has 132 valence electrons. The number of hydrogen-bond acceptors (Lipinski definition) is 4. The third-order valence-corrected chi connectivity index (χ3v) is 5.18. The molecule has 0 aliphatic carbocycles. The summed E-state index contributed by atoms with van der Waals surface area (Å²) in [4.78, 5) is 26.3. The van der Waals surface area contributed by atoms with Gasteiger partial charge in [0.15, 0.2) is 0 Å². The van der Waals surface area contributed by atoms with Crippen LogP contribution < -0.4 is 4.74 Å². The highest BCUT2D eigenvalue weighted by Crippen LogP contribution is 2.41. The maximum absolute atomic E-state index is 13.8. The van der Waals surface area contributed by atoms with Crippen LogP contribution in [-0.4, -0.2) is 11.8 Å². The Kier molecular flexibility index (Phi) is 4.60. The highest BCUT2D eigenvalue weighted by Gasteiger charge is 2.25. The highest BCUT2D eigenvalue weighted by atomic mass is 32.2. The summed E-state index contributed by atoms with van der Waals surface area (Å²) in [5, 5.41) is 0. The molecule has 3 aromatic rings. The smallest absolute Gasteiger partial charge is 0.346 e. The number of ketones is 1. The van der Waals surface area contributed by atoms with Crippen LogP contribution in [0.2, 0.25) is 0 Å². The second-order valence-electron chi connectivity index (χ2n) is 5.84. The molecule has 1 aliphatic rings. The average molecular weight is 376 g/mol. The Hall–Kier alpha value is -3.18. The van der Waals surface area contributed by atoms with E-state index in [-0.39, 0.29) is 17.1 Å². The first-order valence-electron chi connectivity index (χ1n) is 8.22. The number of para-hydroxylation sites is 1. The number of carbonyl (C=O) groups is 2. The fourth-order valence-corrected chi connectivity index (χ4v) is 3.79. The van der Waals surface area contributed by atoms with Gasteiger partial charge in [-0.1, -0.05) is 54.2 Å². The number of hydrogen-bond donors (Lipinski definition) is 0. The summed E-state index contributed by atoms with van der Waals surface area (Å²) in [6.45, 7) is 0. The van der Waals surface area contributed by atoms with Gasteiger partial charge in [-0.15, -0.1) is 0 Å². The number of thioether (sulfide) groups is 1. The molecule has 0 saturated carbocycles. The molecule has 0 aromatic heterocycles. The summed E-state index contributed by atoms with van der Waals surface area (Å²) in [7, 11) is 0. The summed E-state index contributed by atoms with van der Waals surface area (Å²) in [5.74, 6) is -1.23. The topological polar surface area (TPSA) is 43.4 Å². The zero-order chi connectivity index (χ0) is 18.8. The Bertz CT molecular complexity index is 1090. The predicted molar refractivity (Wildman–Crippen MR) is 102 cm³/mol. The van der Waals surface area contributed by atoms with Crippen molar-refractivity contribution in [3.63, 3.8) is 0 Å². The molecule has 3 aromatic carbocycles. The van der Waals surface area contributed by atoms with Gasteiger partial charge in [0.2, 0.25) is 5.78 Å². The summed E-state index contributed by atoms with van der Waals surface area (Å²) >= 11 is 1.38. The molecule has 0 bridgehead atoms. The van der Waals surface area contributed by atoms with Crippen LogP contribution in [0.3, 0.4) is 0 Å². The molecular formula is C22H13FO3S. The van der Waals surface area contributed by atoms with Crippen molar-refractivity contribution in [2.75, 3.05) is 0 Å². The van der Waals surface area contributed by atoms with Crippen LogP contribution in [0.25, 0.3) is 6.08 Å². The average Bonchev–Trinajstić information content (AvgIpc) is 2.99. The van der Waals surface area contributed by atoms with Gasteiger partial charge in [-0.2, -0.15) is 0 Å². The molecule has 1 aliphatic heterocycles. The van der Waals surface area contributed by atoms with Gasteiger partial charge in [0.05, 0.1) is 10.5 Å². The van der Waals surface area contributed by atoms with Crippen molar-refractivity contribution in [1.82, 2.24) is 0 Å². The first-order chi connectivity index (χ1) is 13.1. The largest absolute Gasteiger partial charge is 0.422 e. The second kappa shape index (κ2) is 7.21. The monoisotopic (exact) mass is 376 g/mol. The van der Waals surface area contributed by atoms with Crippen molar-refractivity contribution >= 4 is 29.6 Å². The van der Waals surface area contributed by atoms with E-state index in [0.29, 0.717) is 16.0 Å². The van der Waals surface area contributed by atoms with Crippen LogP contribution in [0.1, 0.15) is 26.3 Å². The number of carbonyl (C=O) groups excluding carboxylic acids is 2. The molecule has 27 heavy (non-hydrogen) atoms. The molecule has 0 spiro atoms. The molecule has 4 rings (SSSR count). The predicted octanol–water partition coefficient (Wildman–Crippen LogP) is 5.37. The highest BCUT2D eigenvalue weighted by molar-refractivity contribution is 8.04. The SMILES string of the molecule is O=C(Oc1ccccc1/C=C1\Sc2ccccc2C1=O)c1ccccc1F. The Morgan fingerprint density at radius 1 is 0.926 bits per heavy atom. The third-order valence-electron chi connectivity index (χ3n) is 4.08. The molecule has 0 amide bonds. The molecule has 1 heterocycles. The van der Waals surface area contributed by atoms with Gasteiger partial charge in [-0.05, 0) is 36.4 Å². The van der Waals surface area contributed by atoms with Crippen molar-refractivity contribution in [2.24, 2.45) is 0 Å². The lowest BCUT2D eigenvalue weighted by atomic mass is 10.1. The fourth-order valence-electron chi connectivity index (χ4n) is 2.75. The van der Waals surface area contributed by atoms with Crippen molar-refractivity contribution in [3.05, 3.63) is 100 Å². The van der Waals surface area contributed by atoms with Crippen molar-refractivity contribution < 1.29 is 18.7 Å². The zero-order valence-electron chi connectivity index (χ0n) is 14.0. The van der Waals surface area contributed by atoms with E-state index in [1.54, 1.807) is 42.5 Å². The molecule has 0 N–H and O–H groups in total. The van der Waals surface area contributed by atoms with Gasteiger partial charge in [0.25, 0.3) is 0 Å². The Labute approximate surface area is 159 Å². The lowest BCUT2D eigenvalue weighted by Crippen LogP contribution is -2.11. The molecule has 0 fully saturated rings. The van der Waals surface area contributed by atoms with Crippen molar-refractivity contribution in [2.45, 2.75) is 4.90 Å². The van der Waals surface area contributed by atoms with E-state index < -0.39 is 11.8 Å². The summed E-state index contributed by atoms with van der Waals surface area (Å²) in [5.41, 5.74) is 1.10. The fraction of sp³-hybridized carbons (Fsp3) is 0. The molecule has 0 unspecified atom stereocenters. The third kappa shape index (κ3) is 3.41. The van der Waals surface area contributed by atoms with Crippen molar-refractivity contribution in [3.8, 4) is 5.75 Å². The number of fused-ring (bicyclic) bond motifs is 1. The number of Topliss-reactive ketones (excluding diaryl/α,β-unsaturated/α-hetero) is 1. The first-order valence-corrected chi connectivity index (χ1v) is 9.04. The van der Waals surface area contributed by atoms with Gasteiger partial charge in [-0.25, -0.2) is 9.18 Å². The minimum Gasteiger partial charge on any atom is -0.422 e. The standard InChI is InChI=1S/C22H13FO3S/c23-17-10-4-2-8-15(17)22(25)26-18-11-5-1-7-14(18)13-20-21(24)16-9-3-6-12-19(16)27-20/h1-13H/b20-13-. The second-order valence-corrected chi connectivity index (χ2v) is 6.93. The van der Waals surface area contributed by atoms with Crippen LogP contribution in [0, 0.1) is 5.82 Å². The van der Waals surface area contributed by atoms with E-state index in [2.05, 4.69) is 0 Å². The summed E-state index contributed by atoms with van der Waals surface area (Å²) in [6.07, 6.45) is 1.69. The van der Waals surface area contributed by atoms with Crippen molar-refractivity contribution in [1.29, 1.82) is 0 Å². The molecule has 0 saturated heterocycles. The first kappa shape index (κ1) is 17.2. The van der Waals surface area contributed by atoms with E-state index in [4.69, 9.17) is 4.74 Å². The Balaban J connectivity index is 1.64. The zero-order valence-corrected chi connectivity index (χ0v) is 14.8. The number of allylic oxidation sites excluding steroid dienone is 1. The van der Waals surface area contributed by atoms with E-state index in [1.165, 1.54) is 30.0 Å². The minimum atomic E-state index is -0.785. The van der Waals surface area contributed by atoms with E-state index in [0.717, 1.165) is 4.90 Å².